The lowest BCUT2D eigenvalue weighted by molar-refractivity contribution is 0.556. The molecule has 0 unspecified atom stereocenters. The second-order valence-electron chi connectivity index (χ2n) is 3.30. The summed E-state index contributed by atoms with van der Waals surface area (Å²) in [6.45, 7) is 3.39. The minimum Gasteiger partial charge on any atom is -0.329 e. The molecule has 0 aliphatic rings. The first-order valence-electron chi connectivity index (χ1n) is 4.50. The molecule has 4 heteroatoms. The zero-order valence-electron chi connectivity index (χ0n) is 8.06. The van der Waals surface area contributed by atoms with Gasteiger partial charge < -0.3 is 11.1 Å². The molecule has 0 fully saturated rings. The van der Waals surface area contributed by atoms with Crippen molar-refractivity contribution in [1.29, 1.82) is 0 Å². The van der Waals surface area contributed by atoms with Gasteiger partial charge in [0.1, 0.15) is 0 Å². The molecule has 78 valence electrons. The summed E-state index contributed by atoms with van der Waals surface area (Å²) in [6.07, 6.45) is 0. The lowest BCUT2D eigenvalue weighted by atomic mass is 10.2. The molecule has 0 bridgehead atoms. The fourth-order valence-corrected chi connectivity index (χ4v) is 1.66. The van der Waals surface area contributed by atoms with Crippen molar-refractivity contribution in [1.82, 2.24) is 5.32 Å². The molecule has 0 heterocycles. The minimum atomic E-state index is 0.299. The third-order valence-electron chi connectivity index (χ3n) is 1.93. The summed E-state index contributed by atoms with van der Waals surface area (Å²) in [5.41, 5.74) is 6.55. The minimum absolute atomic E-state index is 0.299. The van der Waals surface area contributed by atoms with E-state index in [4.69, 9.17) is 28.9 Å². The van der Waals surface area contributed by atoms with E-state index in [1.807, 2.05) is 19.1 Å². The number of benzene rings is 1. The second-order valence-corrected chi connectivity index (χ2v) is 4.17. The molecule has 1 atom stereocenters. The number of halogens is 2. The molecule has 2 nitrogen and oxygen atoms in total. The van der Waals surface area contributed by atoms with Crippen LogP contribution in [0, 0.1) is 0 Å². The van der Waals surface area contributed by atoms with Gasteiger partial charge >= 0.3 is 0 Å². The largest absolute Gasteiger partial charge is 0.329 e. The van der Waals surface area contributed by atoms with Crippen LogP contribution in [0.3, 0.4) is 0 Å². The maximum absolute atomic E-state index is 5.86. The molecule has 0 amide bonds. The summed E-state index contributed by atoms with van der Waals surface area (Å²) in [7, 11) is 0. The molecule has 3 N–H and O–H groups in total. The average Bonchev–Trinajstić information content (AvgIpc) is 2.12. The molecule has 1 aromatic rings. The predicted octanol–water partition coefficient (Wildman–Crippen LogP) is 2.43. The van der Waals surface area contributed by atoms with Gasteiger partial charge in [-0.25, -0.2) is 0 Å². The van der Waals surface area contributed by atoms with Gasteiger partial charge in [0.25, 0.3) is 0 Å². The monoisotopic (exact) mass is 232 g/mol. The topological polar surface area (TPSA) is 38.0 Å². The smallest absolute Gasteiger partial charge is 0.0424 e. The third kappa shape index (κ3) is 3.84. The van der Waals surface area contributed by atoms with Crippen molar-refractivity contribution in [3.05, 3.63) is 33.8 Å². The third-order valence-corrected chi connectivity index (χ3v) is 2.37. The van der Waals surface area contributed by atoms with Crippen molar-refractivity contribution in [2.75, 3.05) is 6.54 Å². The molecule has 1 rings (SSSR count). The fraction of sp³-hybridized carbons (Fsp3) is 0.400. The van der Waals surface area contributed by atoms with Crippen molar-refractivity contribution < 1.29 is 0 Å². The fourth-order valence-electron chi connectivity index (χ4n) is 1.09. The Bertz CT molecular complexity index is 282. The quantitative estimate of drug-likeness (QED) is 0.838. The van der Waals surface area contributed by atoms with Gasteiger partial charge in [-0.15, -0.1) is 0 Å². The molecule has 0 spiro atoms. The van der Waals surface area contributed by atoms with Gasteiger partial charge in [0.2, 0.25) is 0 Å². The van der Waals surface area contributed by atoms with Crippen molar-refractivity contribution in [3.63, 3.8) is 0 Å². The maximum Gasteiger partial charge on any atom is 0.0424 e. The lowest BCUT2D eigenvalue weighted by Crippen LogP contribution is -2.32. The molecular formula is C10H14Cl2N2. The van der Waals surface area contributed by atoms with E-state index in [0.717, 1.165) is 12.1 Å². The predicted molar refractivity (Wildman–Crippen MR) is 61.8 cm³/mol. The Hall–Kier alpha value is -0.280. The molecule has 0 saturated carbocycles. The molecule has 0 radical (unpaired) electrons. The van der Waals surface area contributed by atoms with E-state index in [2.05, 4.69) is 5.32 Å². The highest BCUT2D eigenvalue weighted by molar-refractivity contribution is 6.34. The average molecular weight is 233 g/mol. The van der Waals surface area contributed by atoms with Gasteiger partial charge in [0.05, 0.1) is 0 Å². The SMILES string of the molecule is C[C@H](CN)NCc1cc(Cl)cc(Cl)c1. The Kier molecular flexibility index (Phi) is 4.69. The van der Waals surface area contributed by atoms with Gasteiger partial charge in [0, 0.05) is 29.2 Å². The van der Waals surface area contributed by atoms with E-state index in [9.17, 15) is 0 Å². The van der Waals surface area contributed by atoms with Crippen molar-refractivity contribution in [3.8, 4) is 0 Å². The Morgan fingerprint density at radius 1 is 1.29 bits per heavy atom. The van der Waals surface area contributed by atoms with E-state index < -0.39 is 0 Å². The molecule has 0 saturated heterocycles. The van der Waals surface area contributed by atoms with Crippen LogP contribution in [-0.2, 0) is 6.54 Å². The van der Waals surface area contributed by atoms with Crippen LogP contribution >= 0.6 is 23.2 Å². The first-order valence-corrected chi connectivity index (χ1v) is 5.26. The summed E-state index contributed by atoms with van der Waals surface area (Å²) in [4.78, 5) is 0. The van der Waals surface area contributed by atoms with E-state index in [1.165, 1.54) is 0 Å². The zero-order chi connectivity index (χ0) is 10.6. The van der Waals surface area contributed by atoms with Crippen LogP contribution in [0.25, 0.3) is 0 Å². The summed E-state index contributed by atoms with van der Waals surface area (Å²) in [6, 6.07) is 5.81. The van der Waals surface area contributed by atoms with Crippen molar-refractivity contribution >= 4 is 23.2 Å². The van der Waals surface area contributed by atoms with E-state index in [0.29, 0.717) is 22.6 Å². The summed E-state index contributed by atoms with van der Waals surface area (Å²) >= 11 is 11.7. The summed E-state index contributed by atoms with van der Waals surface area (Å²) in [5.74, 6) is 0. The molecule has 0 aliphatic carbocycles. The molecule has 0 aliphatic heterocycles. The summed E-state index contributed by atoms with van der Waals surface area (Å²) in [5, 5.41) is 4.58. The lowest BCUT2D eigenvalue weighted by Gasteiger charge is -2.11. The van der Waals surface area contributed by atoms with Crippen LogP contribution < -0.4 is 11.1 Å². The number of rotatable bonds is 4. The van der Waals surface area contributed by atoms with Gasteiger partial charge in [-0.2, -0.15) is 0 Å². The normalized spacial score (nSPS) is 12.9. The molecule has 0 aromatic heterocycles. The van der Waals surface area contributed by atoms with Gasteiger partial charge in [-0.1, -0.05) is 23.2 Å². The van der Waals surface area contributed by atoms with Crippen molar-refractivity contribution in [2.45, 2.75) is 19.5 Å². The second kappa shape index (κ2) is 5.56. The van der Waals surface area contributed by atoms with Crippen LogP contribution in [0.5, 0.6) is 0 Å². The van der Waals surface area contributed by atoms with Crippen LogP contribution in [0.4, 0.5) is 0 Å². The van der Waals surface area contributed by atoms with Gasteiger partial charge in [-0.05, 0) is 30.7 Å². The van der Waals surface area contributed by atoms with Crippen LogP contribution in [0.2, 0.25) is 10.0 Å². The van der Waals surface area contributed by atoms with Crippen LogP contribution in [0.1, 0.15) is 12.5 Å². The van der Waals surface area contributed by atoms with Crippen LogP contribution in [0.15, 0.2) is 18.2 Å². The number of nitrogens with one attached hydrogen (secondary N) is 1. The highest BCUT2D eigenvalue weighted by Crippen LogP contribution is 2.18. The Balaban J connectivity index is 2.58. The Labute approximate surface area is 94.4 Å². The highest BCUT2D eigenvalue weighted by atomic mass is 35.5. The molecular weight excluding hydrogens is 219 g/mol. The number of hydrogen-bond acceptors (Lipinski definition) is 2. The first kappa shape index (κ1) is 11.8. The van der Waals surface area contributed by atoms with Gasteiger partial charge in [-0.3, -0.25) is 0 Å². The van der Waals surface area contributed by atoms with E-state index in [1.54, 1.807) is 6.07 Å². The number of nitrogens with two attached hydrogens (primary N) is 1. The summed E-state index contributed by atoms with van der Waals surface area (Å²) < 4.78 is 0. The van der Waals surface area contributed by atoms with E-state index in [-0.39, 0.29) is 0 Å². The highest BCUT2D eigenvalue weighted by Gasteiger charge is 2.00. The molecule has 1 aromatic carbocycles. The Morgan fingerprint density at radius 2 is 1.86 bits per heavy atom. The van der Waals surface area contributed by atoms with E-state index >= 15 is 0 Å². The van der Waals surface area contributed by atoms with Crippen LogP contribution in [-0.4, -0.2) is 12.6 Å². The standard InChI is InChI=1S/C10H14Cl2N2/c1-7(5-13)14-6-8-2-9(11)4-10(12)3-8/h2-4,7,14H,5-6,13H2,1H3/t7-/m1/s1. The molecule has 14 heavy (non-hydrogen) atoms. The zero-order valence-corrected chi connectivity index (χ0v) is 9.57. The van der Waals surface area contributed by atoms with Gasteiger partial charge in [0.15, 0.2) is 0 Å². The maximum atomic E-state index is 5.86. The Morgan fingerprint density at radius 3 is 2.36 bits per heavy atom. The number of hydrogen-bond donors (Lipinski definition) is 2. The first-order chi connectivity index (χ1) is 6.61. The van der Waals surface area contributed by atoms with Crippen molar-refractivity contribution in [2.24, 2.45) is 5.73 Å².